The van der Waals surface area contributed by atoms with Crippen molar-refractivity contribution in [2.24, 2.45) is 5.92 Å². The van der Waals surface area contributed by atoms with Gasteiger partial charge in [0.25, 0.3) is 0 Å². The second kappa shape index (κ2) is 12.5. The molecule has 0 unspecified atom stereocenters. The van der Waals surface area contributed by atoms with Crippen LogP contribution in [0.15, 0.2) is 0 Å². The maximum atomic E-state index is 14.5. The molecule has 0 radical (unpaired) electrons. The lowest BCUT2D eigenvalue weighted by Crippen LogP contribution is -2.70. The van der Waals surface area contributed by atoms with Crippen LogP contribution in [0.2, 0.25) is 0 Å². The average Bonchev–Trinajstić information content (AvgIpc) is 3.25. The second-order valence-corrected chi connectivity index (χ2v) is 11.3. The SMILES string of the molecule is CC(C)[C@@H]1NC(=O)OC1(CCC(F)(F)C(F)(F)C(F)(F)C(F)(F)C(F)(F)C(F)(F)F)CCC(F)(F)C(F)(F)C(F)(F)C(F)(F)C(F)(F)C(F)(F)F. The van der Waals surface area contributed by atoms with E-state index >= 15 is 0 Å². The van der Waals surface area contributed by atoms with Gasteiger partial charge in [-0.05, 0) is 18.8 Å². The van der Waals surface area contributed by atoms with E-state index in [0.29, 0.717) is 0 Å². The fraction of sp³-hybridized carbons (Fsp3) is 0.955. The van der Waals surface area contributed by atoms with E-state index in [4.69, 9.17) is 0 Å². The Labute approximate surface area is 265 Å². The molecule has 0 aliphatic carbocycles. The van der Waals surface area contributed by atoms with Gasteiger partial charge < -0.3 is 10.1 Å². The smallest absolute Gasteiger partial charge is 0.441 e. The Morgan fingerprint density at radius 2 is 0.745 bits per heavy atom. The van der Waals surface area contributed by atoms with Gasteiger partial charge in [-0.2, -0.15) is 114 Å². The number of rotatable bonds is 15. The van der Waals surface area contributed by atoms with Gasteiger partial charge >= 0.3 is 77.7 Å². The Kier molecular flexibility index (Phi) is 11.4. The van der Waals surface area contributed by atoms with Crippen molar-refractivity contribution in [1.29, 1.82) is 0 Å². The lowest BCUT2D eigenvalue weighted by Gasteiger charge is -2.42. The quantitative estimate of drug-likeness (QED) is 0.167. The minimum absolute atomic E-state index is 0.760. The summed E-state index contributed by atoms with van der Waals surface area (Å²) in [7, 11) is 0. The third-order valence-corrected chi connectivity index (χ3v) is 7.52. The van der Waals surface area contributed by atoms with Crippen molar-refractivity contribution in [2.75, 3.05) is 0 Å². The molecule has 1 N–H and O–H groups in total. The van der Waals surface area contributed by atoms with Crippen LogP contribution < -0.4 is 5.32 Å². The van der Waals surface area contributed by atoms with Gasteiger partial charge in [0.15, 0.2) is 0 Å². The van der Waals surface area contributed by atoms with E-state index in [1.165, 1.54) is 5.32 Å². The fourth-order valence-electron chi connectivity index (χ4n) is 4.50. The monoisotopic (exact) mass is 821 g/mol. The molecule has 1 amide bonds. The molecule has 51 heavy (non-hydrogen) atoms. The van der Waals surface area contributed by atoms with Gasteiger partial charge in [-0.3, -0.25) is 0 Å². The number of hydrogen-bond donors (Lipinski definition) is 1. The van der Waals surface area contributed by atoms with Crippen LogP contribution in [0.5, 0.6) is 0 Å². The summed E-state index contributed by atoms with van der Waals surface area (Å²) in [6.45, 7) is 1.52. The molecule has 1 saturated heterocycles. The van der Waals surface area contributed by atoms with Crippen molar-refractivity contribution in [3.63, 3.8) is 0 Å². The summed E-state index contributed by atoms with van der Waals surface area (Å²) in [4.78, 5) is 11.8. The van der Waals surface area contributed by atoms with Gasteiger partial charge in [-0.25, -0.2) is 4.79 Å². The molecule has 0 bridgehead atoms. The van der Waals surface area contributed by atoms with E-state index < -0.39 is 121 Å². The highest BCUT2D eigenvalue weighted by atomic mass is 19.4. The standard InChI is InChI=1S/C22H17F26NO2/c1-7(2)8-10(51-9(50)49-8,3-5-11(23,24)13(27,28)15(31,32)17(35,36)19(39,40)21(43,44)45)4-6-12(25,26)14(29,30)16(33,34)18(37,38)20(41,42)22(46,47)48/h7-8H,3-6H2,1-2H3,(H,49,50)/t8-/m0/s1. The minimum Gasteiger partial charge on any atom is -0.441 e. The normalized spacial score (nSPS) is 19.8. The number of carbonyl (C=O) groups is 1. The molecule has 3 nitrogen and oxygen atoms in total. The van der Waals surface area contributed by atoms with E-state index in [1.54, 1.807) is 0 Å². The lowest BCUT2D eigenvalue weighted by atomic mass is 9.77. The summed E-state index contributed by atoms with van der Waals surface area (Å²) >= 11 is 0. The number of halogens is 26. The van der Waals surface area contributed by atoms with Crippen molar-refractivity contribution in [1.82, 2.24) is 5.32 Å². The van der Waals surface area contributed by atoms with E-state index in [0.717, 1.165) is 13.8 Å². The van der Waals surface area contributed by atoms with Crippen molar-refractivity contribution in [3.05, 3.63) is 0 Å². The first-order valence-electron chi connectivity index (χ1n) is 12.8. The Balaban J connectivity index is 3.69. The average molecular weight is 821 g/mol. The first-order valence-corrected chi connectivity index (χ1v) is 12.8. The van der Waals surface area contributed by atoms with Crippen molar-refractivity contribution < 1.29 is 124 Å². The number of ether oxygens (including phenoxy) is 1. The van der Waals surface area contributed by atoms with Crippen LogP contribution in [0.1, 0.15) is 39.5 Å². The maximum Gasteiger partial charge on any atom is 0.460 e. The third kappa shape index (κ3) is 6.76. The van der Waals surface area contributed by atoms with Crippen LogP contribution in [0.3, 0.4) is 0 Å². The topological polar surface area (TPSA) is 38.3 Å². The van der Waals surface area contributed by atoms with Crippen LogP contribution in [0.25, 0.3) is 0 Å². The molecule has 0 saturated carbocycles. The van der Waals surface area contributed by atoms with E-state index in [-0.39, 0.29) is 0 Å². The molecule has 1 rings (SSSR count). The highest BCUT2D eigenvalue weighted by Crippen LogP contribution is 2.63. The maximum absolute atomic E-state index is 14.5. The van der Waals surface area contributed by atoms with Gasteiger partial charge in [-0.1, -0.05) is 13.8 Å². The molecule has 0 aromatic carbocycles. The molecular weight excluding hydrogens is 804 g/mol. The van der Waals surface area contributed by atoms with Crippen LogP contribution >= 0.6 is 0 Å². The van der Waals surface area contributed by atoms with E-state index in [9.17, 15) is 119 Å². The summed E-state index contributed by atoms with van der Waals surface area (Å²) < 4.78 is 354. The number of amides is 1. The number of alkyl carbamates (subject to hydrolysis) is 1. The number of hydrogen-bond acceptors (Lipinski definition) is 2. The van der Waals surface area contributed by atoms with Gasteiger partial charge in [0.05, 0.1) is 6.04 Å². The molecule has 0 spiro atoms. The Morgan fingerprint density at radius 1 is 0.490 bits per heavy atom. The summed E-state index contributed by atoms with van der Waals surface area (Å²) in [6.07, 6.45) is -29.6. The fourth-order valence-corrected chi connectivity index (χ4v) is 4.50. The molecule has 1 atom stereocenters. The zero-order valence-corrected chi connectivity index (χ0v) is 24.1. The van der Waals surface area contributed by atoms with Gasteiger partial charge in [0, 0.05) is 12.8 Å². The third-order valence-electron chi connectivity index (χ3n) is 7.52. The van der Waals surface area contributed by atoms with Gasteiger partial charge in [-0.15, -0.1) is 0 Å². The molecule has 1 aliphatic rings. The number of nitrogens with one attached hydrogen (secondary N) is 1. The molecule has 0 aromatic rings. The first kappa shape index (κ1) is 46.5. The Hall–Kier alpha value is -2.55. The van der Waals surface area contributed by atoms with Crippen LogP contribution in [0, 0.1) is 5.92 Å². The van der Waals surface area contributed by atoms with Gasteiger partial charge in [0.1, 0.15) is 5.60 Å². The molecule has 1 heterocycles. The highest BCUT2D eigenvalue weighted by Gasteiger charge is 2.92. The lowest BCUT2D eigenvalue weighted by molar-refractivity contribution is -0.440. The van der Waals surface area contributed by atoms with Crippen molar-refractivity contribution in [3.8, 4) is 0 Å². The summed E-state index contributed by atoms with van der Waals surface area (Å²) in [5.74, 6) is -81.7. The van der Waals surface area contributed by atoms with Gasteiger partial charge in [0.2, 0.25) is 0 Å². The highest BCUT2D eigenvalue weighted by molar-refractivity contribution is 5.71. The summed E-state index contributed by atoms with van der Waals surface area (Å²) in [5.41, 5.74) is -3.70. The molecule has 0 aromatic heterocycles. The predicted octanol–water partition coefficient (Wildman–Crippen LogP) is 10.5. The summed E-state index contributed by atoms with van der Waals surface area (Å²) in [6, 6.07) is -2.38. The van der Waals surface area contributed by atoms with E-state index in [1.807, 2.05) is 0 Å². The molecule has 304 valence electrons. The Morgan fingerprint density at radius 3 is 0.980 bits per heavy atom. The summed E-state index contributed by atoms with van der Waals surface area (Å²) in [5, 5.41) is 1.47. The number of carbonyl (C=O) groups excluding carboxylic acids is 1. The number of cyclic esters (lactones) is 1. The molecule has 1 aliphatic heterocycles. The minimum atomic E-state index is -8.42. The van der Waals surface area contributed by atoms with Crippen LogP contribution in [-0.2, 0) is 4.74 Å². The Bertz CT molecular complexity index is 1190. The zero-order valence-electron chi connectivity index (χ0n) is 24.1. The molecule has 1 fully saturated rings. The van der Waals surface area contributed by atoms with Crippen LogP contribution in [0.4, 0.5) is 119 Å². The zero-order chi connectivity index (χ0) is 41.5. The number of alkyl halides is 26. The largest absolute Gasteiger partial charge is 0.460 e. The molecular formula is C22H17F26NO2. The first-order chi connectivity index (χ1) is 21.8. The van der Waals surface area contributed by atoms with E-state index in [2.05, 4.69) is 4.74 Å². The second-order valence-electron chi connectivity index (χ2n) is 11.3. The van der Waals surface area contributed by atoms with Crippen molar-refractivity contribution in [2.45, 2.75) is 123 Å². The predicted molar refractivity (Wildman–Crippen MR) is 111 cm³/mol. The van der Waals surface area contributed by atoms with Crippen LogP contribution in [-0.4, -0.2) is 89.3 Å². The van der Waals surface area contributed by atoms with Crippen molar-refractivity contribution >= 4 is 6.09 Å². The molecule has 29 heteroatoms.